The standard InChI is InChI=1S/C11H15N3/c1-2-8-4-11-9(6-12-7-14-11)5-10(8)13-3-1/h1-2,12-14H,3-7H2. The van der Waals surface area contributed by atoms with Gasteiger partial charge in [-0.15, -0.1) is 0 Å². The fourth-order valence-corrected chi connectivity index (χ4v) is 2.31. The van der Waals surface area contributed by atoms with E-state index in [9.17, 15) is 0 Å². The lowest BCUT2D eigenvalue weighted by Gasteiger charge is -2.31. The van der Waals surface area contributed by atoms with Crippen LogP contribution in [0.25, 0.3) is 0 Å². The Balaban J connectivity index is 1.88. The first-order valence-corrected chi connectivity index (χ1v) is 5.21. The first kappa shape index (κ1) is 8.12. The van der Waals surface area contributed by atoms with Crippen molar-refractivity contribution < 1.29 is 0 Å². The molecule has 74 valence electrons. The van der Waals surface area contributed by atoms with Crippen molar-refractivity contribution in [1.29, 1.82) is 0 Å². The second-order valence-corrected chi connectivity index (χ2v) is 4.00. The third-order valence-corrected chi connectivity index (χ3v) is 3.09. The summed E-state index contributed by atoms with van der Waals surface area (Å²) >= 11 is 0. The molecule has 2 heterocycles. The molecular formula is C11H15N3. The van der Waals surface area contributed by atoms with Crippen LogP contribution in [-0.2, 0) is 0 Å². The molecule has 3 nitrogen and oxygen atoms in total. The van der Waals surface area contributed by atoms with Crippen molar-refractivity contribution in [3.05, 3.63) is 34.7 Å². The van der Waals surface area contributed by atoms with Crippen LogP contribution in [0, 0.1) is 0 Å². The summed E-state index contributed by atoms with van der Waals surface area (Å²) in [6, 6.07) is 0. The molecule has 0 aromatic rings. The van der Waals surface area contributed by atoms with E-state index in [1.165, 1.54) is 22.5 Å². The molecule has 0 unspecified atom stereocenters. The number of dihydropyridines is 1. The number of nitrogens with one attached hydrogen (secondary N) is 3. The Morgan fingerprint density at radius 3 is 3.07 bits per heavy atom. The SMILES string of the molecule is C1=CC2=C(CC3=C(C2)NCNC3)NC1. The highest BCUT2D eigenvalue weighted by Gasteiger charge is 2.21. The molecule has 0 radical (unpaired) electrons. The van der Waals surface area contributed by atoms with Gasteiger partial charge in [0, 0.05) is 37.3 Å². The van der Waals surface area contributed by atoms with Gasteiger partial charge in [-0.1, -0.05) is 12.2 Å². The minimum absolute atomic E-state index is 0.915. The van der Waals surface area contributed by atoms with Crippen molar-refractivity contribution in [2.45, 2.75) is 12.8 Å². The molecule has 0 amide bonds. The van der Waals surface area contributed by atoms with Crippen molar-refractivity contribution in [2.24, 2.45) is 0 Å². The van der Waals surface area contributed by atoms with Crippen molar-refractivity contribution in [2.75, 3.05) is 19.8 Å². The summed E-state index contributed by atoms with van der Waals surface area (Å²) in [7, 11) is 0. The Kier molecular flexibility index (Phi) is 1.84. The molecule has 3 aliphatic rings. The van der Waals surface area contributed by atoms with Crippen LogP contribution in [0.5, 0.6) is 0 Å². The highest BCUT2D eigenvalue weighted by atomic mass is 15.1. The maximum absolute atomic E-state index is 3.46. The van der Waals surface area contributed by atoms with Gasteiger partial charge in [-0.2, -0.15) is 0 Å². The molecule has 0 spiro atoms. The second kappa shape index (κ2) is 3.17. The maximum Gasteiger partial charge on any atom is 0.0652 e. The van der Waals surface area contributed by atoms with Crippen LogP contribution in [-0.4, -0.2) is 19.8 Å². The average Bonchev–Trinajstić information content (AvgIpc) is 2.26. The molecule has 0 bridgehead atoms. The van der Waals surface area contributed by atoms with Gasteiger partial charge in [0.2, 0.25) is 0 Å². The molecule has 0 saturated carbocycles. The van der Waals surface area contributed by atoms with Crippen LogP contribution in [0.2, 0.25) is 0 Å². The van der Waals surface area contributed by atoms with Crippen LogP contribution >= 0.6 is 0 Å². The Morgan fingerprint density at radius 1 is 1.07 bits per heavy atom. The molecule has 0 saturated heterocycles. The second-order valence-electron chi connectivity index (χ2n) is 4.00. The van der Waals surface area contributed by atoms with Gasteiger partial charge in [0.05, 0.1) is 6.67 Å². The lowest BCUT2D eigenvalue weighted by atomic mass is 9.90. The molecule has 0 atom stereocenters. The molecule has 0 aromatic heterocycles. The molecule has 1 aliphatic carbocycles. The zero-order valence-electron chi connectivity index (χ0n) is 8.19. The molecule has 14 heavy (non-hydrogen) atoms. The first-order valence-electron chi connectivity index (χ1n) is 5.21. The van der Waals surface area contributed by atoms with Crippen molar-refractivity contribution >= 4 is 0 Å². The maximum atomic E-state index is 3.46. The highest BCUT2D eigenvalue weighted by molar-refractivity contribution is 5.41. The van der Waals surface area contributed by atoms with Gasteiger partial charge in [0.25, 0.3) is 0 Å². The molecule has 3 rings (SSSR count). The predicted octanol–water partition coefficient (Wildman–Crippen LogP) is 0.598. The van der Waals surface area contributed by atoms with Crippen molar-refractivity contribution in [3.63, 3.8) is 0 Å². The largest absolute Gasteiger partial charge is 0.384 e. The highest BCUT2D eigenvalue weighted by Crippen LogP contribution is 2.29. The minimum atomic E-state index is 0.915. The van der Waals surface area contributed by atoms with E-state index < -0.39 is 0 Å². The van der Waals surface area contributed by atoms with E-state index in [4.69, 9.17) is 0 Å². The third kappa shape index (κ3) is 1.24. The van der Waals surface area contributed by atoms with Crippen molar-refractivity contribution in [3.8, 4) is 0 Å². The number of hydrogen-bond donors (Lipinski definition) is 3. The Bertz CT molecular complexity index is 350. The Hall–Kier alpha value is -1.22. The summed E-state index contributed by atoms with van der Waals surface area (Å²) in [6.07, 6.45) is 6.63. The van der Waals surface area contributed by atoms with Gasteiger partial charge in [0.1, 0.15) is 0 Å². The summed E-state index contributed by atoms with van der Waals surface area (Å²) in [4.78, 5) is 0. The van der Waals surface area contributed by atoms with E-state index in [1.54, 1.807) is 0 Å². The van der Waals surface area contributed by atoms with Crippen LogP contribution in [0.4, 0.5) is 0 Å². The fraction of sp³-hybridized carbons (Fsp3) is 0.455. The molecule has 3 heteroatoms. The fourth-order valence-electron chi connectivity index (χ4n) is 2.31. The smallest absolute Gasteiger partial charge is 0.0652 e. The summed E-state index contributed by atoms with van der Waals surface area (Å²) in [6.45, 7) is 2.95. The van der Waals surface area contributed by atoms with E-state index in [-0.39, 0.29) is 0 Å². The lowest BCUT2D eigenvalue weighted by molar-refractivity contribution is 0.577. The Labute approximate surface area is 84.0 Å². The molecular weight excluding hydrogens is 174 g/mol. The average molecular weight is 189 g/mol. The zero-order valence-corrected chi connectivity index (χ0v) is 8.19. The quantitative estimate of drug-likeness (QED) is 0.522. The van der Waals surface area contributed by atoms with Gasteiger partial charge in [0.15, 0.2) is 0 Å². The van der Waals surface area contributed by atoms with Gasteiger partial charge >= 0.3 is 0 Å². The van der Waals surface area contributed by atoms with E-state index in [2.05, 4.69) is 28.1 Å². The topological polar surface area (TPSA) is 36.1 Å². The summed E-state index contributed by atoms with van der Waals surface area (Å²) in [5, 5.41) is 10.2. The van der Waals surface area contributed by atoms with E-state index >= 15 is 0 Å². The van der Waals surface area contributed by atoms with Crippen molar-refractivity contribution in [1.82, 2.24) is 16.0 Å². The monoisotopic (exact) mass is 189 g/mol. The van der Waals surface area contributed by atoms with Gasteiger partial charge in [-0.05, 0) is 11.1 Å². The lowest BCUT2D eigenvalue weighted by Crippen LogP contribution is -2.39. The summed E-state index contributed by atoms with van der Waals surface area (Å²) in [5.41, 5.74) is 5.86. The molecule has 0 fully saturated rings. The summed E-state index contributed by atoms with van der Waals surface area (Å²) in [5.74, 6) is 0. The normalized spacial score (nSPS) is 25.1. The Morgan fingerprint density at radius 2 is 2.07 bits per heavy atom. The number of rotatable bonds is 0. The molecule has 3 N–H and O–H groups in total. The van der Waals surface area contributed by atoms with Crippen LogP contribution in [0.1, 0.15) is 12.8 Å². The van der Waals surface area contributed by atoms with Gasteiger partial charge < -0.3 is 10.6 Å². The predicted molar refractivity (Wildman–Crippen MR) is 56.4 cm³/mol. The van der Waals surface area contributed by atoms with E-state index in [1.807, 2.05) is 0 Å². The van der Waals surface area contributed by atoms with E-state index in [0.717, 1.165) is 32.6 Å². The molecule has 0 aromatic carbocycles. The first-order chi connectivity index (χ1) is 6.93. The van der Waals surface area contributed by atoms with E-state index in [0.29, 0.717) is 0 Å². The van der Waals surface area contributed by atoms with Crippen LogP contribution in [0.15, 0.2) is 34.7 Å². The van der Waals surface area contributed by atoms with Gasteiger partial charge in [-0.3, -0.25) is 5.32 Å². The van der Waals surface area contributed by atoms with Crippen LogP contribution in [0.3, 0.4) is 0 Å². The number of allylic oxidation sites excluding steroid dienone is 3. The zero-order chi connectivity index (χ0) is 9.38. The third-order valence-electron chi connectivity index (χ3n) is 3.09. The van der Waals surface area contributed by atoms with Gasteiger partial charge in [-0.25, -0.2) is 0 Å². The minimum Gasteiger partial charge on any atom is -0.384 e. The number of hydrogen-bond acceptors (Lipinski definition) is 3. The molecule has 2 aliphatic heterocycles. The summed E-state index contributed by atoms with van der Waals surface area (Å²) < 4.78 is 0. The van der Waals surface area contributed by atoms with Crippen LogP contribution < -0.4 is 16.0 Å².